The zero-order valence-electron chi connectivity index (χ0n) is 43.0. The molecule has 3 unspecified atom stereocenters. The number of unbranched alkanes of at least 4 members (excludes halogenated alkanes) is 17. The van der Waals surface area contributed by atoms with E-state index in [1.165, 1.54) is 89.5 Å². The molecule has 0 saturated carbocycles. The van der Waals surface area contributed by atoms with Crippen molar-refractivity contribution in [2.24, 2.45) is 0 Å². The molecule has 1 aromatic rings. The Morgan fingerprint density at radius 2 is 1.15 bits per heavy atom. The number of nitrogens with zero attached hydrogens (tertiary/aromatic N) is 2. The fraction of sp³-hybridized carbons (Fsp3) is 0.692. The van der Waals surface area contributed by atoms with Crippen LogP contribution in [0.3, 0.4) is 0 Å². The van der Waals surface area contributed by atoms with Gasteiger partial charge in [-0.2, -0.15) is 9.29 Å². The van der Waals surface area contributed by atoms with Gasteiger partial charge < -0.3 is 39.9 Å². The second kappa shape index (κ2) is 39.9. The molecule has 0 spiro atoms. The van der Waals surface area contributed by atoms with E-state index >= 15 is 0 Å². The molecule has 1 aromatic heterocycles. The topological polar surface area (TPSA) is 265 Å². The second-order valence-electron chi connectivity index (χ2n) is 18.0. The van der Waals surface area contributed by atoms with Gasteiger partial charge in [0.1, 0.15) is 30.7 Å². The lowest BCUT2D eigenvalue weighted by molar-refractivity contribution is -0.161. The zero-order chi connectivity index (χ0) is 52.7. The van der Waals surface area contributed by atoms with E-state index in [1.54, 1.807) is 0 Å². The van der Waals surface area contributed by atoms with Crippen molar-refractivity contribution < 1.29 is 66.3 Å². The predicted octanol–water partition coefficient (Wildman–Crippen LogP) is 11.1. The van der Waals surface area contributed by atoms with Crippen LogP contribution in [0.25, 0.3) is 0 Å². The molecular weight excluding hydrogens is 969 g/mol. The number of rotatable bonds is 43. The summed E-state index contributed by atoms with van der Waals surface area (Å²) in [5.41, 5.74) is 4.59. The summed E-state index contributed by atoms with van der Waals surface area (Å²) in [6.45, 7) is 2.07. The van der Waals surface area contributed by atoms with Gasteiger partial charge in [0.25, 0.3) is 0 Å². The molecule has 2 heterocycles. The first kappa shape index (κ1) is 64.6. The van der Waals surface area contributed by atoms with Crippen molar-refractivity contribution in [2.45, 2.75) is 211 Å². The number of aliphatic hydroxyl groups is 2. The molecule has 1 aliphatic heterocycles. The summed E-state index contributed by atoms with van der Waals surface area (Å²) < 4.78 is 56.7. The van der Waals surface area contributed by atoms with Gasteiger partial charge in [-0.25, -0.2) is 13.9 Å². The van der Waals surface area contributed by atoms with Gasteiger partial charge in [-0.15, -0.1) is 0 Å². The van der Waals surface area contributed by atoms with Gasteiger partial charge >= 0.3 is 33.3 Å². The van der Waals surface area contributed by atoms with Crippen molar-refractivity contribution >= 4 is 33.4 Å². The lowest BCUT2D eigenvalue weighted by atomic mass is 10.0. The second-order valence-corrected chi connectivity index (χ2v) is 21.1. The van der Waals surface area contributed by atoms with E-state index in [1.807, 2.05) is 18.2 Å². The number of phosphoric ester groups is 2. The van der Waals surface area contributed by atoms with Gasteiger partial charge in [0, 0.05) is 19.0 Å². The first-order chi connectivity index (χ1) is 34.7. The molecule has 7 atom stereocenters. The normalized spacial score (nSPS) is 19.5. The number of anilines is 1. The van der Waals surface area contributed by atoms with E-state index in [4.69, 9.17) is 29.0 Å². The van der Waals surface area contributed by atoms with Crippen LogP contribution in [0, 0.1) is 0 Å². The number of allylic oxidation sites excluding steroid dienone is 10. The summed E-state index contributed by atoms with van der Waals surface area (Å²) in [5, 5.41) is 20.9. The number of hydrogen-bond acceptors (Lipinski definition) is 15. The molecule has 72 heavy (non-hydrogen) atoms. The Hall–Kier alpha value is -3.54. The summed E-state index contributed by atoms with van der Waals surface area (Å²) in [5.74, 6) is -1.39. The number of esters is 2. The number of aliphatic hydroxyl groups excluding tert-OH is 2. The fourth-order valence-corrected chi connectivity index (χ4v) is 9.64. The Labute approximate surface area is 428 Å². The molecule has 1 saturated heterocycles. The van der Waals surface area contributed by atoms with Gasteiger partial charge in [-0.3, -0.25) is 23.2 Å². The molecule has 0 aromatic carbocycles. The highest BCUT2D eigenvalue weighted by Crippen LogP contribution is 2.60. The zero-order valence-corrected chi connectivity index (χ0v) is 44.8. The van der Waals surface area contributed by atoms with E-state index in [2.05, 4.69) is 65.7 Å². The number of aromatic nitrogens is 2. The molecule has 2 rings (SSSR count). The van der Waals surface area contributed by atoms with Crippen molar-refractivity contribution in [3.8, 4) is 0 Å². The smallest absolute Gasteiger partial charge is 0.462 e. The van der Waals surface area contributed by atoms with Crippen LogP contribution in [-0.2, 0) is 46.3 Å². The van der Waals surface area contributed by atoms with Crippen LogP contribution in [0.4, 0.5) is 5.82 Å². The molecule has 18 nitrogen and oxygen atoms in total. The number of nitrogen functional groups attached to an aromatic ring is 1. The maximum Gasteiger partial charge on any atom is 0.481 e. The van der Waals surface area contributed by atoms with Gasteiger partial charge in [-0.1, -0.05) is 177 Å². The summed E-state index contributed by atoms with van der Waals surface area (Å²) in [7, 11) is -10.9. The molecule has 0 radical (unpaired) electrons. The van der Waals surface area contributed by atoms with Crippen molar-refractivity contribution in [1.82, 2.24) is 9.55 Å². The number of hydrogen-bond donors (Lipinski definition) is 5. The number of ether oxygens (including phenoxy) is 3. The molecule has 1 aliphatic rings. The average molecular weight is 1060 g/mol. The Morgan fingerprint density at radius 1 is 0.667 bits per heavy atom. The average Bonchev–Trinajstić information content (AvgIpc) is 3.62. The highest BCUT2D eigenvalue weighted by atomic mass is 31.3. The van der Waals surface area contributed by atoms with Crippen molar-refractivity contribution in [2.75, 3.05) is 25.6 Å². The monoisotopic (exact) mass is 1060 g/mol. The van der Waals surface area contributed by atoms with Crippen molar-refractivity contribution in [3.63, 3.8) is 0 Å². The molecule has 0 amide bonds. The summed E-state index contributed by atoms with van der Waals surface area (Å²) in [6, 6.07) is 1.24. The third-order valence-electron chi connectivity index (χ3n) is 11.6. The maximum atomic E-state index is 12.9. The van der Waals surface area contributed by atoms with E-state index in [0.717, 1.165) is 62.1 Å². The number of carbonyl (C=O) groups is 2. The minimum atomic E-state index is -5.44. The van der Waals surface area contributed by atoms with Gasteiger partial charge in [-0.05, 0) is 57.4 Å². The van der Waals surface area contributed by atoms with Crippen LogP contribution in [0.1, 0.15) is 187 Å². The third kappa shape index (κ3) is 31.9. The Bertz CT molecular complexity index is 1940. The largest absolute Gasteiger partial charge is 0.481 e. The van der Waals surface area contributed by atoms with E-state index < -0.39 is 83.7 Å². The minimum Gasteiger partial charge on any atom is -0.462 e. The van der Waals surface area contributed by atoms with Crippen LogP contribution in [-0.4, -0.2) is 85.7 Å². The van der Waals surface area contributed by atoms with Crippen LogP contribution >= 0.6 is 15.6 Å². The van der Waals surface area contributed by atoms with Gasteiger partial charge in [0.2, 0.25) is 0 Å². The Kier molecular flexibility index (Phi) is 35.7. The highest BCUT2D eigenvalue weighted by molar-refractivity contribution is 7.61. The molecule has 6 N–H and O–H groups in total. The van der Waals surface area contributed by atoms with E-state index in [9.17, 15) is 43.5 Å². The number of phosphoric acid groups is 2. The Morgan fingerprint density at radius 3 is 1.69 bits per heavy atom. The summed E-state index contributed by atoms with van der Waals surface area (Å²) >= 11 is 0. The fourth-order valence-electron chi connectivity index (χ4n) is 7.53. The van der Waals surface area contributed by atoms with Crippen LogP contribution < -0.4 is 11.4 Å². The van der Waals surface area contributed by atoms with Crippen LogP contribution in [0.5, 0.6) is 0 Å². The molecule has 1 fully saturated rings. The quantitative estimate of drug-likeness (QED) is 0.0176. The molecule has 20 heteroatoms. The lowest BCUT2D eigenvalue weighted by Gasteiger charge is -2.21. The van der Waals surface area contributed by atoms with Crippen LogP contribution in [0.2, 0.25) is 0 Å². The molecule has 0 bridgehead atoms. The molecule has 0 aliphatic carbocycles. The standard InChI is InChI=1S/C52H87N3O15P2/c1-3-5-7-9-11-13-15-17-19-20-21-22-24-26-28-30-32-34-36-38-48(57)68-44(41-65-47(56)37-35-33-31-29-27-25-23-18-16-14-12-10-8-6-4-2)42-66-71(61,62)70-72(63,64)67-43-45-49(58)50(59)51(69-45)55-40-39-46(53)54-52(55)60/h11,13,17,19,21-22,26,28,32,34,39-40,44-45,49-51,58-59H,3-10,12,14-16,18,20,23-25,27,29-31,33,35-38,41-43H2,1-2H3,(H,61,62)(H,63,64)(H2,53,54,60)/b13-11-,19-17-,22-21-,28-26-,34-32-/t44-,45-,49+,50?,51-/m1/s1. The first-order valence-corrected chi connectivity index (χ1v) is 29.3. The van der Waals surface area contributed by atoms with Gasteiger partial charge in [0.05, 0.1) is 13.2 Å². The lowest BCUT2D eigenvalue weighted by Crippen LogP contribution is -2.36. The molecule has 410 valence electrons. The number of nitrogens with two attached hydrogens (primary N) is 1. The molecular formula is C52H87N3O15P2. The summed E-state index contributed by atoms with van der Waals surface area (Å²) in [6.07, 6.45) is 40.2. The maximum absolute atomic E-state index is 12.9. The SMILES string of the molecule is CCCCC/C=C\C/C=C\C/C=C\C/C=C\C/C=C\CCC(=O)O[C@H](COC(=O)CCCCCCCCCCCCCCCCC)COP(=O)(O)OP(=O)(O)OC[C@H]1O[C@@H](n2ccc(N)nc2=O)C(O)[C@H]1O. The van der Waals surface area contributed by atoms with Gasteiger partial charge in [0.15, 0.2) is 12.3 Å². The third-order valence-corrected chi connectivity index (χ3v) is 14.2. The van der Waals surface area contributed by atoms with Crippen LogP contribution in [0.15, 0.2) is 77.8 Å². The van der Waals surface area contributed by atoms with E-state index in [0.29, 0.717) is 19.3 Å². The predicted molar refractivity (Wildman–Crippen MR) is 279 cm³/mol. The highest BCUT2D eigenvalue weighted by Gasteiger charge is 2.46. The van der Waals surface area contributed by atoms with Crippen molar-refractivity contribution in [1.29, 1.82) is 0 Å². The number of carbonyl (C=O) groups excluding carboxylic acids is 2. The Balaban J connectivity index is 1.83. The minimum absolute atomic E-state index is 0.0736. The van der Waals surface area contributed by atoms with Crippen molar-refractivity contribution in [3.05, 3.63) is 83.5 Å². The first-order valence-electron chi connectivity index (χ1n) is 26.3. The summed E-state index contributed by atoms with van der Waals surface area (Å²) in [4.78, 5) is 61.9. The van der Waals surface area contributed by atoms with E-state index in [-0.39, 0.29) is 18.7 Å².